The summed E-state index contributed by atoms with van der Waals surface area (Å²) in [6, 6.07) is 7.64. The molecule has 0 spiro atoms. The van der Waals surface area contributed by atoms with Gasteiger partial charge in [-0.3, -0.25) is 4.79 Å². The number of rotatable bonds is 5. The number of hydrogen-bond acceptors (Lipinski definition) is 4. The molecule has 1 aliphatic heterocycles. The molecule has 1 aromatic rings. The van der Waals surface area contributed by atoms with Gasteiger partial charge < -0.3 is 20.1 Å². The van der Waals surface area contributed by atoms with Crippen molar-refractivity contribution in [3.8, 4) is 5.75 Å². The predicted molar refractivity (Wildman–Crippen MR) is 78.1 cm³/mol. The highest BCUT2D eigenvalue weighted by Gasteiger charge is 2.30. The van der Waals surface area contributed by atoms with E-state index in [1.54, 1.807) is 7.11 Å². The minimum atomic E-state index is -0.683. The molecule has 1 heterocycles. The van der Waals surface area contributed by atoms with Crippen LogP contribution in [-0.2, 0) is 9.53 Å². The molecule has 5 nitrogen and oxygen atoms in total. The van der Waals surface area contributed by atoms with E-state index in [1.165, 1.54) is 0 Å². The predicted octanol–water partition coefficient (Wildman–Crippen LogP) is 1.79. The largest absolute Gasteiger partial charge is 0.497 e. The normalized spacial score (nSPS) is 18.6. The Morgan fingerprint density at radius 2 is 2.05 bits per heavy atom. The van der Waals surface area contributed by atoms with E-state index in [0.29, 0.717) is 6.61 Å². The van der Waals surface area contributed by atoms with E-state index < -0.39 is 5.54 Å². The van der Waals surface area contributed by atoms with Crippen molar-refractivity contribution in [3.05, 3.63) is 24.3 Å². The highest BCUT2D eigenvalue weighted by molar-refractivity contribution is 5.88. The molecule has 5 heteroatoms. The molecule has 0 aromatic heterocycles. The van der Waals surface area contributed by atoms with Crippen LogP contribution in [0.15, 0.2) is 24.3 Å². The van der Waals surface area contributed by atoms with E-state index in [4.69, 9.17) is 9.47 Å². The molecule has 1 atom stereocenters. The average molecular weight is 278 g/mol. The lowest BCUT2D eigenvalue weighted by Crippen LogP contribution is -2.51. The smallest absolute Gasteiger partial charge is 0.245 e. The number of methoxy groups -OCH3 is 1. The fraction of sp³-hybridized carbons (Fsp3) is 0.533. The van der Waals surface area contributed by atoms with Crippen molar-refractivity contribution in [1.29, 1.82) is 0 Å². The molecule has 1 amide bonds. The summed E-state index contributed by atoms with van der Waals surface area (Å²) in [4.78, 5) is 12.3. The van der Waals surface area contributed by atoms with Crippen LogP contribution >= 0.6 is 0 Å². The number of benzene rings is 1. The van der Waals surface area contributed by atoms with Gasteiger partial charge in [0.25, 0.3) is 0 Å². The van der Waals surface area contributed by atoms with Crippen molar-refractivity contribution in [3.63, 3.8) is 0 Å². The molecule has 0 saturated carbocycles. The first-order chi connectivity index (χ1) is 9.51. The topological polar surface area (TPSA) is 59.6 Å². The third-order valence-electron chi connectivity index (χ3n) is 3.38. The standard InChI is InChI=1S/C15H22N2O3/c1-15(2,14(18)16-12-8-9-20-10-12)17-11-4-6-13(19-3)7-5-11/h4-7,12,17H,8-10H2,1-3H3,(H,16,18). The van der Waals surface area contributed by atoms with E-state index in [1.807, 2.05) is 38.1 Å². The lowest BCUT2D eigenvalue weighted by Gasteiger charge is -2.28. The Morgan fingerprint density at radius 1 is 1.35 bits per heavy atom. The third kappa shape index (κ3) is 3.63. The fourth-order valence-electron chi connectivity index (χ4n) is 2.11. The third-order valence-corrected chi connectivity index (χ3v) is 3.38. The summed E-state index contributed by atoms with van der Waals surface area (Å²) in [5.74, 6) is 0.768. The number of amides is 1. The van der Waals surface area contributed by atoms with Crippen LogP contribution in [0.25, 0.3) is 0 Å². The summed E-state index contributed by atoms with van der Waals surface area (Å²) in [5, 5.41) is 6.25. The molecule has 1 unspecified atom stereocenters. The number of anilines is 1. The molecule has 1 aromatic carbocycles. The van der Waals surface area contributed by atoms with Gasteiger partial charge in [-0.05, 0) is 44.5 Å². The molecule has 1 aliphatic rings. The van der Waals surface area contributed by atoms with Gasteiger partial charge in [-0.25, -0.2) is 0 Å². The van der Waals surface area contributed by atoms with Crippen molar-refractivity contribution >= 4 is 11.6 Å². The second-order valence-electron chi connectivity index (χ2n) is 5.51. The van der Waals surface area contributed by atoms with Gasteiger partial charge in [-0.1, -0.05) is 0 Å². The molecule has 2 rings (SSSR count). The first-order valence-electron chi connectivity index (χ1n) is 6.82. The van der Waals surface area contributed by atoms with Gasteiger partial charge in [-0.2, -0.15) is 0 Å². The minimum Gasteiger partial charge on any atom is -0.497 e. The summed E-state index contributed by atoms with van der Waals surface area (Å²) in [5.41, 5.74) is 0.200. The van der Waals surface area contributed by atoms with Gasteiger partial charge in [-0.15, -0.1) is 0 Å². The Balaban J connectivity index is 1.95. The monoisotopic (exact) mass is 278 g/mol. The molecule has 0 bridgehead atoms. The second-order valence-corrected chi connectivity index (χ2v) is 5.51. The van der Waals surface area contributed by atoms with Crippen LogP contribution in [0.3, 0.4) is 0 Å². The van der Waals surface area contributed by atoms with Gasteiger partial charge in [0.2, 0.25) is 5.91 Å². The zero-order valence-electron chi connectivity index (χ0n) is 12.2. The summed E-state index contributed by atoms with van der Waals surface area (Å²) < 4.78 is 10.4. The van der Waals surface area contributed by atoms with E-state index in [2.05, 4.69) is 10.6 Å². The van der Waals surface area contributed by atoms with Gasteiger partial charge in [0, 0.05) is 12.3 Å². The number of carbonyl (C=O) groups excluding carboxylic acids is 1. The Kier molecular flexibility index (Phi) is 4.49. The first kappa shape index (κ1) is 14.7. The summed E-state index contributed by atoms with van der Waals surface area (Å²) in [6.07, 6.45) is 0.879. The quantitative estimate of drug-likeness (QED) is 0.862. The van der Waals surface area contributed by atoms with E-state index in [0.717, 1.165) is 24.5 Å². The fourth-order valence-corrected chi connectivity index (χ4v) is 2.11. The lowest BCUT2D eigenvalue weighted by atomic mass is 10.0. The van der Waals surface area contributed by atoms with Crippen molar-refractivity contribution in [2.24, 2.45) is 0 Å². The molecular weight excluding hydrogens is 256 g/mol. The first-order valence-corrected chi connectivity index (χ1v) is 6.82. The zero-order valence-corrected chi connectivity index (χ0v) is 12.2. The van der Waals surface area contributed by atoms with Crippen LogP contribution < -0.4 is 15.4 Å². The van der Waals surface area contributed by atoms with Crippen LogP contribution in [-0.4, -0.2) is 37.8 Å². The second kappa shape index (κ2) is 6.13. The molecule has 0 aliphatic carbocycles. The van der Waals surface area contributed by atoms with Crippen LogP contribution in [0.4, 0.5) is 5.69 Å². The van der Waals surface area contributed by atoms with E-state index in [9.17, 15) is 4.79 Å². The van der Waals surface area contributed by atoms with E-state index in [-0.39, 0.29) is 11.9 Å². The molecule has 1 fully saturated rings. The highest BCUT2D eigenvalue weighted by Crippen LogP contribution is 2.19. The van der Waals surface area contributed by atoms with Gasteiger partial charge in [0.15, 0.2) is 0 Å². The molecule has 20 heavy (non-hydrogen) atoms. The maximum atomic E-state index is 12.3. The summed E-state index contributed by atoms with van der Waals surface area (Å²) >= 11 is 0. The van der Waals surface area contributed by atoms with Crippen LogP contribution in [0.2, 0.25) is 0 Å². The SMILES string of the molecule is COc1ccc(NC(C)(C)C(=O)NC2CCOC2)cc1. The summed E-state index contributed by atoms with van der Waals surface area (Å²) in [7, 11) is 1.63. The summed E-state index contributed by atoms with van der Waals surface area (Å²) in [6.45, 7) is 5.05. The maximum Gasteiger partial charge on any atom is 0.245 e. The Bertz CT molecular complexity index is 451. The Morgan fingerprint density at radius 3 is 2.60 bits per heavy atom. The van der Waals surface area contributed by atoms with Crippen molar-refractivity contribution in [2.75, 3.05) is 25.6 Å². The number of ether oxygens (including phenoxy) is 2. The van der Waals surface area contributed by atoms with Crippen molar-refractivity contribution in [2.45, 2.75) is 31.8 Å². The van der Waals surface area contributed by atoms with Gasteiger partial charge >= 0.3 is 0 Å². The number of carbonyl (C=O) groups is 1. The van der Waals surface area contributed by atoms with Crippen molar-refractivity contribution < 1.29 is 14.3 Å². The molecule has 110 valence electrons. The van der Waals surface area contributed by atoms with Gasteiger partial charge in [0.05, 0.1) is 19.8 Å². The molecule has 1 saturated heterocycles. The Labute approximate surface area is 119 Å². The van der Waals surface area contributed by atoms with E-state index >= 15 is 0 Å². The average Bonchev–Trinajstić information content (AvgIpc) is 2.92. The maximum absolute atomic E-state index is 12.3. The molecule has 2 N–H and O–H groups in total. The van der Waals surface area contributed by atoms with Crippen molar-refractivity contribution in [1.82, 2.24) is 5.32 Å². The minimum absolute atomic E-state index is 0.0242. The van der Waals surface area contributed by atoms with Crippen LogP contribution in [0.1, 0.15) is 20.3 Å². The van der Waals surface area contributed by atoms with Crippen LogP contribution in [0, 0.1) is 0 Å². The highest BCUT2D eigenvalue weighted by atomic mass is 16.5. The van der Waals surface area contributed by atoms with Gasteiger partial charge in [0.1, 0.15) is 11.3 Å². The number of nitrogens with one attached hydrogen (secondary N) is 2. The lowest BCUT2D eigenvalue weighted by molar-refractivity contribution is -0.125. The zero-order chi connectivity index (χ0) is 14.6. The molecular formula is C15H22N2O3. The number of hydrogen-bond donors (Lipinski definition) is 2. The Hall–Kier alpha value is -1.75. The van der Waals surface area contributed by atoms with Crippen LogP contribution in [0.5, 0.6) is 5.75 Å². The molecule has 0 radical (unpaired) electrons.